The van der Waals surface area contributed by atoms with Crippen LogP contribution in [0.5, 0.6) is 0 Å². The molecule has 0 aromatic carbocycles. The van der Waals surface area contributed by atoms with Gasteiger partial charge in [0.15, 0.2) is 4.77 Å². The number of thiophene rings is 1. The minimum absolute atomic E-state index is 0.108. The van der Waals surface area contributed by atoms with Gasteiger partial charge in [-0.15, -0.1) is 11.3 Å². The molecule has 0 radical (unpaired) electrons. The van der Waals surface area contributed by atoms with Crippen LogP contribution in [0.4, 0.5) is 0 Å². The quantitative estimate of drug-likeness (QED) is 0.820. The molecule has 1 N–H and O–H groups in total. The topological polar surface area (TPSA) is 20.7 Å². The Morgan fingerprint density at radius 3 is 2.72 bits per heavy atom. The number of hydrogen-bond donors (Lipinski definition) is 1. The van der Waals surface area contributed by atoms with E-state index in [1.54, 1.807) is 0 Å². The van der Waals surface area contributed by atoms with E-state index in [4.69, 9.17) is 12.2 Å². The second kappa shape index (κ2) is 5.02. The highest BCUT2D eigenvalue weighted by molar-refractivity contribution is 7.71. The maximum Gasteiger partial charge on any atom is 0.177 e. The first-order valence-electron chi connectivity index (χ1n) is 6.27. The number of hydrogen-bond acceptors (Lipinski definition) is 2. The van der Waals surface area contributed by atoms with E-state index in [0.717, 1.165) is 17.7 Å². The van der Waals surface area contributed by atoms with Crippen molar-refractivity contribution in [3.63, 3.8) is 0 Å². The Labute approximate surface area is 118 Å². The number of aromatic nitrogens is 2. The molecule has 0 unspecified atom stereocenters. The first-order valence-corrected chi connectivity index (χ1v) is 7.56. The van der Waals surface area contributed by atoms with Crippen molar-refractivity contribution in [1.82, 2.24) is 9.55 Å². The van der Waals surface area contributed by atoms with Crippen molar-refractivity contribution in [3.8, 4) is 0 Å². The molecule has 0 aliphatic carbocycles. The summed E-state index contributed by atoms with van der Waals surface area (Å²) in [4.78, 5) is 4.59. The Morgan fingerprint density at radius 2 is 2.11 bits per heavy atom. The van der Waals surface area contributed by atoms with Crippen molar-refractivity contribution in [1.29, 1.82) is 0 Å². The third-order valence-electron chi connectivity index (χ3n) is 3.16. The summed E-state index contributed by atoms with van der Waals surface area (Å²) in [5, 5.41) is 2.17. The van der Waals surface area contributed by atoms with Gasteiger partial charge in [0, 0.05) is 22.2 Å². The lowest BCUT2D eigenvalue weighted by Gasteiger charge is -2.20. The van der Waals surface area contributed by atoms with Gasteiger partial charge in [0.05, 0.1) is 6.54 Å². The van der Waals surface area contributed by atoms with Gasteiger partial charge in [-0.05, 0) is 35.6 Å². The highest BCUT2D eigenvalue weighted by atomic mass is 32.1. The molecule has 98 valence electrons. The average molecular weight is 280 g/mol. The van der Waals surface area contributed by atoms with Gasteiger partial charge in [0.2, 0.25) is 0 Å². The first kappa shape index (κ1) is 13.6. The summed E-state index contributed by atoms with van der Waals surface area (Å²) >= 11 is 7.23. The van der Waals surface area contributed by atoms with E-state index in [1.165, 1.54) is 16.1 Å². The summed E-state index contributed by atoms with van der Waals surface area (Å²) in [5.74, 6) is 0. The van der Waals surface area contributed by atoms with E-state index in [9.17, 15) is 0 Å². The van der Waals surface area contributed by atoms with E-state index in [2.05, 4.69) is 48.7 Å². The van der Waals surface area contributed by atoms with Crippen LogP contribution in [-0.2, 0) is 18.4 Å². The Hall–Kier alpha value is -0.870. The largest absolute Gasteiger partial charge is 0.337 e. The molecule has 0 fully saturated rings. The molecule has 2 aromatic rings. The summed E-state index contributed by atoms with van der Waals surface area (Å²) in [6, 6.07) is 2.22. The first-order chi connectivity index (χ1) is 8.43. The van der Waals surface area contributed by atoms with E-state index in [0.29, 0.717) is 0 Å². The molecule has 0 aliphatic heterocycles. The molecule has 0 atom stereocenters. The van der Waals surface area contributed by atoms with E-state index in [-0.39, 0.29) is 5.41 Å². The summed E-state index contributed by atoms with van der Waals surface area (Å²) in [6.07, 6.45) is 3.13. The number of aryl methyl sites for hydroxylation is 1. The average Bonchev–Trinajstić information content (AvgIpc) is 2.86. The number of rotatable bonds is 3. The minimum atomic E-state index is 0.108. The summed E-state index contributed by atoms with van der Waals surface area (Å²) in [5.41, 5.74) is 2.81. The van der Waals surface area contributed by atoms with Crippen LogP contribution in [0.1, 0.15) is 43.8 Å². The van der Waals surface area contributed by atoms with Gasteiger partial charge in [-0.25, -0.2) is 0 Å². The summed E-state index contributed by atoms with van der Waals surface area (Å²) < 4.78 is 3.04. The van der Waals surface area contributed by atoms with Gasteiger partial charge in [0.25, 0.3) is 0 Å². The highest BCUT2D eigenvalue weighted by Crippen LogP contribution is 2.25. The van der Waals surface area contributed by atoms with E-state index < -0.39 is 0 Å². The van der Waals surface area contributed by atoms with Gasteiger partial charge >= 0.3 is 0 Å². The predicted molar refractivity (Wildman–Crippen MR) is 81.1 cm³/mol. The molecule has 4 heteroatoms. The Bertz CT molecular complexity index is 581. The van der Waals surface area contributed by atoms with Crippen LogP contribution in [0.3, 0.4) is 0 Å². The maximum absolute atomic E-state index is 5.41. The Kier molecular flexibility index (Phi) is 3.78. The van der Waals surface area contributed by atoms with Crippen molar-refractivity contribution in [2.24, 2.45) is 0 Å². The van der Waals surface area contributed by atoms with Gasteiger partial charge < -0.3 is 9.55 Å². The van der Waals surface area contributed by atoms with Crippen molar-refractivity contribution >= 4 is 23.6 Å². The molecule has 2 heterocycles. The highest BCUT2D eigenvalue weighted by Gasteiger charge is 2.19. The normalized spacial score (nSPS) is 12.0. The molecule has 0 aliphatic rings. The molecule has 0 spiro atoms. The van der Waals surface area contributed by atoms with E-state index >= 15 is 0 Å². The fraction of sp³-hybridized carbons (Fsp3) is 0.500. The van der Waals surface area contributed by atoms with Crippen LogP contribution in [0.25, 0.3) is 0 Å². The molecule has 0 saturated carbocycles. The Balaban J connectivity index is 2.41. The SMILES string of the molecule is CCc1ccsc1Cn1c(C(C)(C)C)c[nH]c1=S. The predicted octanol–water partition coefficient (Wildman–Crippen LogP) is 4.52. The van der Waals surface area contributed by atoms with Crippen molar-refractivity contribution < 1.29 is 0 Å². The third kappa shape index (κ3) is 2.59. The molecular weight excluding hydrogens is 260 g/mol. The zero-order valence-corrected chi connectivity index (χ0v) is 13.0. The number of H-pyrrole nitrogens is 1. The van der Waals surface area contributed by atoms with Gasteiger partial charge in [-0.1, -0.05) is 27.7 Å². The molecule has 0 amide bonds. The van der Waals surface area contributed by atoms with Crippen LogP contribution in [-0.4, -0.2) is 9.55 Å². The zero-order valence-electron chi connectivity index (χ0n) is 11.4. The molecule has 2 nitrogen and oxygen atoms in total. The van der Waals surface area contributed by atoms with Crippen molar-refractivity contribution in [3.05, 3.63) is 38.5 Å². The lowest BCUT2D eigenvalue weighted by Crippen LogP contribution is -2.18. The Morgan fingerprint density at radius 1 is 1.39 bits per heavy atom. The fourth-order valence-corrected chi connectivity index (χ4v) is 3.32. The number of nitrogens with zero attached hydrogens (tertiary/aromatic N) is 1. The zero-order chi connectivity index (χ0) is 13.3. The lowest BCUT2D eigenvalue weighted by molar-refractivity contribution is 0.530. The van der Waals surface area contributed by atoms with Crippen LogP contribution in [0.2, 0.25) is 0 Å². The van der Waals surface area contributed by atoms with Crippen LogP contribution < -0.4 is 0 Å². The molecular formula is C14H20N2S2. The molecule has 18 heavy (non-hydrogen) atoms. The number of nitrogens with one attached hydrogen (secondary N) is 1. The molecule has 2 rings (SSSR count). The van der Waals surface area contributed by atoms with Crippen LogP contribution in [0, 0.1) is 4.77 Å². The third-order valence-corrected chi connectivity index (χ3v) is 4.44. The minimum Gasteiger partial charge on any atom is -0.337 e. The van der Waals surface area contributed by atoms with E-state index in [1.807, 2.05) is 17.5 Å². The monoisotopic (exact) mass is 280 g/mol. The summed E-state index contributed by atoms with van der Waals surface area (Å²) in [6.45, 7) is 9.74. The number of imidazole rings is 1. The molecule has 0 saturated heterocycles. The molecule has 0 bridgehead atoms. The fourth-order valence-electron chi connectivity index (χ4n) is 2.14. The second-order valence-corrected chi connectivity index (χ2v) is 6.93. The van der Waals surface area contributed by atoms with Crippen molar-refractivity contribution in [2.75, 3.05) is 0 Å². The van der Waals surface area contributed by atoms with Gasteiger partial charge in [0.1, 0.15) is 0 Å². The van der Waals surface area contributed by atoms with Gasteiger partial charge in [-0.2, -0.15) is 0 Å². The number of aromatic amines is 1. The van der Waals surface area contributed by atoms with Gasteiger partial charge in [-0.3, -0.25) is 0 Å². The molecule has 2 aromatic heterocycles. The van der Waals surface area contributed by atoms with Crippen LogP contribution in [0.15, 0.2) is 17.6 Å². The standard InChI is InChI=1S/C14H20N2S2/c1-5-10-6-7-18-11(10)9-16-12(14(2,3)4)8-15-13(16)17/h6-8H,5,9H2,1-4H3,(H,15,17). The summed E-state index contributed by atoms with van der Waals surface area (Å²) in [7, 11) is 0. The van der Waals surface area contributed by atoms with Crippen LogP contribution >= 0.6 is 23.6 Å². The second-order valence-electron chi connectivity index (χ2n) is 5.54. The smallest absolute Gasteiger partial charge is 0.177 e. The lowest BCUT2D eigenvalue weighted by atomic mass is 9.92. The van der Waals surface area contributed by atoms with Crippen molar-refractivity contribution in [2.45, 2.75) is 46.1 Å². The maximum atomic E-state index is 5.41.